The minimum atomic E-state index is -3.72. The normalized spacial score (nSPS) is 19.1. The molecule has 1 aliphatic rings. The van der Waals surface area contributed by atoms with Crippen LogP contribution in [-0.2, 0) is 14.8 Å². The van der Waals surface area contributed by atoms with E-state index in [-0.39, 0.29) is 23.1 Å². The van der Waals surface area contributed by atoms with Crippen molar-refractivity contribution in [3.63, 3.8) is 0 Å². The highest BCUT2D eigenvalue weighted by atomic mass is 127. The summed E-state index contributed by atoms with van der Waals surface area (Å²) in [6, 6.07) is 4.04. The molecule has 20 heavy (non-hydrogen) atoms. The number of nitrogens with one attached hydrogen (secondary N) is 1. The third kappa shape index (κ3) is 3.68. The maximum atomic E-state index is 12.1. The standard InChI is InChI=1S/C12H14INO5S/c13-11-4-3-9(6-10(11)12(15)16)20(17,18)14-7-8-2-1-5-19-8/h3-4,6,8,14H,1-2,5,7H2,(H,15,16). The molecule has 1 unspecified atom stereocenters. The van der Waals surface area contributed by atoms with Gasteiger partial charge in [-0.2, -0.15) is 0 Å². The highest BCUT2D eigenvalue weighted by Gasteiger charge is 2.21. The molecule has 110 valence electrons. The third-order valence-electron chi connectivity index (χ3n) is 3.00. The van der Waals surface area contributed by atoms with Crippen LogP contribution >= 0.6 is 22.6 Å². The van der Waals surface area contributed by atoms with Gasteiger partial charge in [-0.15, -0.1) is 0 Å². The summed E-state index contributed by atoms with van der Waals surface area (Å²) in [5.74, 6) is -1.15. The van der Waals surface area contributed by atoms with Gasteiger partial charge in [-0.25, -0.2) is 17.9 Å². The van der Waals surface area contributed by atoms with Crippen LogP contribution in [0.2, 0.25) is 0 Å². The van der Waals surface area contributed by atoms with Crippen molar-refractivity contribution in [3.8, 4) is 0 Å². The Morgan fingerprint density at radius 3 is 2.85 bits per heavy atom. The van der Waals surface area contributed by atoms with Crippen LogP contribution in [0.25, 0.3) is 0 Å². The molecular weight excluding hydrogens is 397 g/mol. The number of ether oxygens (including phenoxy) is 1. The number of carbonyl (C=O) groups is 1. The lowest BCUT2D eigenvalue weighted by Gasteiger charge is -2.12. The van der Waals surface area contributed by atoms with Crippen molar-refractivity contribution in [3.05, 3.63) is 27.3 Å². The summed E-state index contributed by atoms with van der Waals surface area (Å²) in [7, 11) is -3.72. The van der Waals surface area contributed by atoms with Gasteiger partial charge in [-0.1, -0.05) is 0 Å². The molecule has 1 aromatic carbocycles. The van der Waals surface area contributed by atoms with E-state index in [4.69, 9.17) is 9.84 Å². The zero-order valence-corrected chi connectivity index (χ0v) is 13.5. The molecule has 1 atom stereocenters. The van der Waals surface area contributed by atoms with E-state index in [0.717, 1.165) is 12.8 Å². The van der Waals surface area contributed by atoms with Gasteiger partial charge >= 0.3 is 5.97 Å². The topological polar surface area (TPSA) is 92.7 Å². The van der Waals surface area contributed by atoms with Gasteiger partial charge in [0, 0.05) is 16.7 Å². The Morgan fingerprint density at radius 2 is 2.25 bits per heavy atom. The van der Waals surface area contributed by atoms with Crippen molar-refractivity contribution >= 4 is 38.6 Å². The molecule has 1 aliphatic heterocycles. The number of aromatic carboxylic acids is 1. The van der Waals surface area contributed by atoms with Gasteiger partial charge in [0.1, 0.15) is 0 Å². The van der Waals surface area contributed by atoms with E-state index in [9.17, 15) is 13.2 Å². The molecule has 8 heteroatoms. The lowest BCUT2D eigenvalue weighted by Crippen LogP contribution is -2.32. The van der Waals surface area contributed by atoms with Crippen molar-refractivity contribution in [1.29, 1.82) is 0 Å². The molecule has 0 aromatic heterocycles. The summed E-state index contributed by atoms with van der Waals surface area (Å²) in [4.78, 5) is 11.0. The van der Waals surface area contributed by atoms with E-state index < -0.39 is 16.0 Å². The van der Waals surface area contributed by atoms with E-state index in [1.54, 1.807) is 0 Å². The van der Waals surface area contributed by atoms with E-state index in [2.05, 4.69) is 4.72 Å². The Balaban J connectivity index is 2.16. The lowest BCUT2D eigenvalue weighted by atomic mass is 10.2. The van der Waals surface area contributed by atoms with Crippen molar-refractivity contribution in [1.82, 2.24) is 4.72 Å². The Kier molecular flexibility index (Phi) is 4.99. The molecule has 0 spiro atoms. The zero-order valence-electron chi connectivity index (χ0n) is 10.5. The van der Waals surface area contributed by atoms with E-state index in [1.807, 2.05) is 22.6 Å². The van der Waals surface area contributed by atoms with Gasteiger partial charge in [0.25, 0.3) is 0 Å². The first-order valence-electron chi connectivity index (χ1n) is 6.04. The van der Waals surface area contributed by atoms with Crippen LogP contribution in [-0.4, -0.2) is 38.7 Å². The molecule has 0 saturated carbocycles. The van der Waals surface area contributed by atoms with Crippen molar-refractivity contribution in [2.75, 3.05) is 13.2 Å². The second-order valence-electron chi connectivity index (χ2n) is 4.43. The maximum Gasteiger partial charge on any atom is 0.336 e. The Labute approximate surface area is 130 Å². The van der Waals surface area contributed by atoms with Gasteiger partial charge in [-0.05, 0) is 53.6 Å². The summed E-state index contributed by atoms with van der Waals surface area (Å²) in [6.07, 6.45) is 1.65. The molecular formula is C12H14INO5S. The fraction of sp³-hybridized carbons (Fsp3) is 0.417. The fourth-order valence-electron chi connectivity index (χ4n) is 1.93. The zero-order chi connectivity index (χ0) is 14.8. The van der Waals surface area contributed by atoms with Crippen LogP contribution in [0.5, 0.6) is 0 Å². The predicted molar refractivity (Wildman–Crippen MR) is 80.3 cm³/mol. The summed E-state index contributed by atoms with van der Waals surface area (Å²) in [5.41, 5.74) is -0.0226. The highest BCUT2D eigenvalue weighted by molar-refractivity contribution is 14.1. The van der Waals surface area contributed by atoms with E-state index in [1.165, 1.54) is 18.2 Å². The van der Waals surface area contributed by atoms with Crippen molar-refractivity contribution in [2.45, 2.75) is 23.8 Å². The summed E-state index contributed by atoms with van der Waals surface area (Å²) >= 11 is 1.86. The van der Waals surface area contributed by atoms with Gasteiger partial charge in [0.2, 0.25) is 10.0 Å². The van der Waals surface area contributed by atoms with Gasteiger partial charge in [0.15, 0.2) is 0 Å². The molecule has 0 aliphatic carbocycles. The van der Waals surface area contributed by atoms with Gasteiger partial charge in [-0.3, -0.25) is 0 Å². The number of carboxylic acid groups (broad SMARTS) is 1. The molecule has 6 nitrogen and oxygen atoms in total. The first-order chi connectivity index (χ1) is 9.40. The van der Waals surface area contributed by atoms with Gasteiger partial charge < -0.3 is 9.84 Å². The first-order valence-corrected chi connectivity index (χ1v) is 8.60. The SMILES string of the molecule is O=C(O)c1cc(S(=O)(=O)NCC2CCCO2)ccc1I. The summed E-state index contributed by atoms with van der Waals surface area (Å²) in [5, 5.41) is 9.02. The Morgan fingerprint density at radius 1 is 1.50 bits per heavy atom. The molecule has 1 heterocycles. The molecule has 0 radical (unpaired) electrons. The lowest BCUT2D eigenvalue weighted by molar-refractivity contribution is 0.0695. The maximum absolute atomic E-state index is 12.1. The first kappa shape index (κ1) is 15.7. The predicted octanol–water partition coefficient (Wildman–Crippen LogP) is 1.45. The second kappa shape index (κ2) is 6.37. The number of hydrogen-bond donors (Lipinski definition) is 2. The fourth-order valence-corrected chi connectivity index (χ4v) is 3.59. The number of sulfonamides is 1. The van der Waals surface area contributed by atoms with Gasteiger partial charge in [0.05, 0.1) is 16.6 Å². The second-order valence-corrected chi connectivity index (χ2v) is 7.36. The molecule has 1 aromatic rings. The number of hydrogen-bond acceptors (Lipinski definition) is 4. The molecule has 2 N–H and O–H groups in total. The molecule has 0 amide bonds. The number of halogens is 1. The van der Waals surface area contributed by atoms with Crippen LogP contribution in [0.4, 0.5) is 0 Å². The molecule has 1 fully saturated rings. The van der Waals surface area contributed by atoms with Crippen LogP contribution in [0.3, 0.4) is 0 Å². The van der Waals surface area contributed by atoms with E-state index >= 15 is 0 Å². The third-order valence-corrected chi connectivity index (χ3v) is 5.37. The number of carboxylic acids is 1. The number of rotatable bonds is 5. The van der Waals surface area contributed by atoms with Crippen LogP contribution in [0, 0.1) is 3.57 Å². The van der Waals surface area contributed by atoms with Crippen molar-refractivity contribution < 1.29 is 23.1 Å². The van der Waals surface area contributed by atoms with Crippen LogP contribution in [0.1, 0.15) is 23.2 Å². The number of benzene rings is 1. The Bertz CT molecular complexity index is 610. The summed E-state index contributed by atoms with van der Waals surface area (Å²) in [6.45, 7) is 0.857. The average Bonchev–Trinajstić information content (AvgIpc) is 2.89. The molecule has 2 rings (SSSR count). The summed E-state index contributed by atoms with van der Waals surface area (Å²) < 4.78 is 32.5. The highest BCUT2D eigenvalue weighted by Crippen LogP contribution is 2.18. The monoisotopic (exact) mass is 411 g/mol. The minimum Gasteiger partial charge on any atom is -0.478 e. The van der Waals surface area contributed by atoms with E-state index in [0.29, 0.717) is 10.2 Å². The molecule has 0 bridgehead atoms. The quantitative estimate of drug-likeness (QED) is 0.716. The minimum absolute atomic E-state index is 0.0226. The van der Waals surface area contributed by atoms with Crippen LogP contribution in [0.15, 0.2) is 23.1 Å². The molecule has 1 saturated heterocycles. The average molecular weight is 411 g/mol. The van der Waals surface area contributed by atoms with Crippen LogP contribution < -0.4 is 4.72 Å². The largest absolute Gasteiger partial charge is 0.478 e. The van der Waals surface area contributed by atoms with Crippen molar-refractivity contribution in [2.24, 2.45) is 0 Å². The smallest absolute Gasteiger partial charge is 0.336 e. The Hall–Kier alpha value is -0.710.